The van der Waals surface area contributed by atoms with Crippen LogP contribution in [0.25, 0.3) is 0 Å². The molecule has 1 fully saturated rings. The molecule has 1 spiro atoms. The van der Waals surface area contributed by atoms with Gasteiger partial charge in [-0.25, -0.2) is 0 Å². The van der Waals surface area contributed by atoms with Crippen LogP contribution in [0, 0.1) is 6.92 Å². The van der Waals surface area contributed by atoms with Crippen LogP contribution in [-0.4, -0.2) is 30.0 Å². The van der Waals surface area contributed by atoms with Crippen LogP contribution < -0.4 is 15.1 Å². The first-order chi connectivity index (χ1) is 15.9. The molecule has 3 aromatic rings. The fourth-order valence-electron chi connectivity index (χ4n) is 4.37. The topological polar surface area (TPSA) is 69.7 Å². The highest BCUT2D eigenvalue weighted by Gasteiger charge is 2.61. The van der Waals surface area contributed by atoms with Gasteiger partial charge >= 0.3 is 0 Å². The summed E-state index contributed by atoms with van der Waals surface area (Å²) in [5.74, 6) is -0.667. The number of nitrogens with one attached hydrogen (secondary N) is 1. The van der Waals surface area contributed by atoms with Crippen molar-refractivity contribution in [1.29, 1.82) is 0 Å². The average Bonchev–Trinajstić information content (AvgIpc) is 3.26. The molecule has 1 N–H and O–H groups in total. The average molecular weight is 478 g/mol. The highest BCUT2D eigenvalue weighted by Crippen LogP contribution is 2.55. The lowest BCUT2D eigenvalue weighted by Gasteiger charge is -2.33. The maximum absolute atomic E-state index is 14.0. The summed E-state index contributed by atoms with van der Waals surface area (Å²) < 4.78 is 0. The summed E-state index contributed by atoms with van der Waals surface area (Å²) in [4.78, 5) is 41.6. The Hall–Kier alpha value is -3.29. The molecule has 3 amide bonds. The molecule has 2 aliphatic heterocycles. The maximum atomic E-state index is 14.0. The van der Waals surface area contributed by atoms with Crippen molar-refractivity contribution in [2.45, 2.75) is 11.8 Å². The fraction of sp³-hybridized carbons (Fsp3) is 0.160. The molecule has 1 atom stereocenters. The summed E-state index contributed by atoms with van der Waals surface area (Å²) in [5, 5.41) is 3.36. The van der Waals surface area contributed by atoms with Crippen LogP contribution in [0.5, 0.6) is 0 Å². The van der Waals surface area contributed by atoms with Gasteiger partial charge in [-0.05, 0) is 42.8 Å². The maximum Gasteiger partial charge on any atom is 0.269 e. The Labute approximate surface area is 200 Å². The number of amides is 3. The molecular formula is C25H20ClN3O3S. The van der Waals surface area contributed by atoms with Crippen LogP contribution in [0.2, 0.25) is 5.02 Å². The molecule has 0 bridgehead atoms. The van der Waals surface area contributed by atoms with E-state index in [2.05, 4.69) is 5.32 Å². The minimum Gasteiger partial charge on any atom is -0.324 e. The van der Waals surface area contributed by atoms with Gasteiger partial charge in [0, 0.05) is 22.0 Å². The number of benzene rings is 3. The van der Waals surface area contributed by atoms with Crippen LogP contribution >= 0.6 is 23.4 Å². The van der Waals surface area contributed by atoms with Crippen LogP contribution in [0.15, 0.2) is 72.8 Å². The quantitative estimate of drug-likeness (QED) is 0.597. The van der Waals surface area contributed by atoms with Crippen molar-refractivity contribution in [3.05, 3.63) is 88.9 Å². The van der Waals surface area contributed by atoms with Crippen molar-refractivity contribution in [1.82, 2.24) is 0 Å². The summed E-state index contributed by atoms with van der Waals surface area (Å²) in [7, 11) is 0. The molecule has 0 aromatic heterocycles. The molecule has 166 valence electrons. The second kappa shape index (κ2) is 8.24. The minimum atomic E-state index is -1.28. The predicted molar refractivity (Wildman–Crippen MR) is 132 cm³/mol. The summed E-state index contributed by atoms with van der Waals surface area (Å²) in [6.07, 6.45) is 0. The molecule has 2 aliphatic rings. The molecule has 5 rings (SSSR count). The molecule has 0 unspecified atom stereocenters. The van der Waals surface area contributed by atoms with Crippen LogP contribution in [0.3, 0.4) is 0 Å². The van der Waals surface area contributed by atoms with E-state index in [9.17, 15) is 14.4 Å². The fourth-order valence-corrected chi connectivity index (χ4v) is 5.92. The van der Waals surface area contributed by atoms with Crippen LogP contribution in [0.4, 0.5) is 17.1 Å². The van der Waals surface area contributed by atoms with Gasteiger partial charge in [-0.2, -0.15) is 0 Å². The molecule has 8 heteroatoms. The number of carbonyl (C=O) groups is 3. The second-order valence-corrected chi connectivity index (χ2v) is 9.52. The third-order valence-electron chi connectivity index (χ3n) is 5.85. The van der Waals surface area contributed by atoms with Gasteiger partial charge < -0.3 is 5.32 Å². The Bertz CT molecular complexity index is 1300. The first-order valence-electron chi connectivity index (χ1n) is 10.4. The number of rotatable bonds is 4. The number of thioether (sulfide) groups is 1. The third-order valence-corrected chi connectivity index (χ3v) is 7.47. The SMILES string of the molecule is Cc1ccccc1NC(=O)CN1C(=O)[C@]2(SCC(=O)N2c2cccc(Cl)c2)c2ccccc21. The minimum absolute atomic E-state index is 0.149. The number of nitrogens with zero attached hydrogens (tertiary/aromatic N) is 2. The van der Waals surface area contributed by atoms with Gasteiger partial charge in [0.05, 0.1) is 11.4 Å². The van der Waals surface area contributed by atoms with E-state index in [-0.39, 0.29) is 30.0 Å². The number of aryl methyl sites for hydroxylation is 1. The van der Waals surface area contributed by atoms with E-state index in [1.54, 1.807) is 24.3 Å². The van der Waals surface area contributed by atoms with Crippen LogP contribution in [0.1, 0.15) is 11.1 Å². The van der Waals surface area contributed by atoms with E-state index in [0.29, 0.717) is 27.6 Å². The molecular weight excluding hydrogens is 458 g/mol. The Morgan fingerprint density at radius 3 is 2.61 bits per heavy atom. The van der Waals surface area contributed by atoms with Crippen LogP contribution in [-0.2, 0) is 19.3 Å². The van der Waals surface area contributed by atoms with Crippen molar-refractivity contribution in [3.63, 3.8) is 0 Å². The van der Waals surface area contributed by atoms with E-state index in [0.717, 1.165) is 5.56 Å². The number of para-hydroxylation sites is 2. The Kier molecular flexibility index (Phi) is 5.38. The van der Waals surface area contributed by atoms with Gasteiger partial charge in [0.25, 0.3) is 5.91 Å². The number of fused-ring (bicyclic) bond motifs is 2. The Morgan fingerprint density at radius 2 is 1.82 bits per heavy atom. The Morgan fingerprint density at radius 1 is 1.06 bits per heavy atom. The largest absolute Gasteiger partial charge is 0.324 e. The lowest BCUT2D eigenvalue weighted by molar-refractivity contribution is -0.124. The molecule has 0 saturated carbocycles. The number of anilines is 3. The van der Waals surface area contributed by atoms with Crippen molar-refractivity contribution < 1.29 is 14.4 Å². The predicted octanol–water partition coefficient (Wildman–Crippen LogP) is 4.57. The molecule has 33 heavy (non-hydrogen) atoms. The second-order valence-electron chi connectivity index (χ2n) is 7.91. The van der Waals surface area contributed by atoms with Gasteiger partial charge in [-0.15, -0.1) is 11.8 Å². The van der Waals surface area contributed by atoms with Gasteiger partial charge in [0.15, 0.2) is 0 Å². The van der Waals surface area contributed by atoms with E-state index < -0.39 is 4.87 Å². The summed E-state index contributed by atoms with van der Waals surface area (Å²) in [6.45, 7) is 1.74. The molecule has 3 aromatic carbocycles. The van der Waals surface area contributed by atoms with Crippen molar-refractivity contribution in [2.24, 2.45) is 0 Å². The number of halogens is 1. The first kappa shape index (κ1) is 21.6. The summed E-state index contributed by atoms with van der Waals surface area (Å²) >= 11 is 7.46. The zero-order valence-electron chi connectivity index (χ0n) is 17.7. The van der Waals surface area contributed by atoms with Gasteiger partial charge in [0.2, 0.25) is 16.7 Å². The third kappa shape index (κ3) is 3.48. The highest BCUT2D eigenvalue weighted by atomic mass is 35.5. The number of hydrogen-bond donors (Lipinski definition) is 1. The smallest absolute Gasteiger partial charge is 0.269 e. The lowest BCUT2D eigenvalue weighted by Crippen LogP contribution is -2.50. The molecule has 2 heterocycles. The number of carbonyl (C=O) groups excluding carboxylic acids is 3. The zero-order valence-corrected chi connectivity index (χ0v) is 19.3. The summed E-state index contributed by atoms with van der Waals surface area (Å²) in [6, 6.07) is 21.7. The normalized spacial score (nSPS) is 19.3. The monoisotopic (exact) mass is 477 g/mol. The molecule has 1 saturated heterocycles. The standard InChI is InChI=1S/C25H20ClN3O3S/c1-16-7-2-4-11-20(16)27-22(30)14-28-21-12-5-3-10-19(21)25(24(28)32)29(23(31)15-33-25)18-9-6-8-17(26)13-18/h2-13H,14-15H2,1H3,(H,27,30)/t25-/m1/s1. The van der Waals surface area contributed by atoms with Gasteiger partial charge in [-0.3, -0.25) is 24.2 Å². The van der Waals surface area contributed by atoms with Crippen molar-refractivity contribution in [2.75, 3.05) is 27.4 Å². The summed E-state index contributed by atoms with van der Waals surface area (Å²) in [5.41, 5.74) is 3.49. The van der Waals surface area contributed by atoms with Crippen molar-refractivity contribution in [3.8, 4) is 0 Å². The zero-order chi connectivity index (χ0) is 23.2. The van der Waals surface area contributed by atoms with E-state index in [4.69, 9.17) is 11.6 Å². The number of hydrogen-bond acceptors (Lipinski definition) is 4. The lowest BCUT2D eigenvalue weighted by atomic mass is 10.0. The van der Waals surface area contributed by atoms with E-state index in [1.807, 2.05) is 55.5 Å². The van der Waals surface area contributed by atoms with Crippen molar-refractivity contribution >= 4 is 58.1 Å². The highest BCUT2D eigenvalue weighted by molar-refractivity contribution is 8.02. The first-order valence-corrected chi connectivity index (χ1v) is 11.8. The van der Waals surface area contributed by atoms with E-state index >= 15 is 0 Å². The van der Waals surface area contributed by atoms with Gasteiger partial charge in [-0.1, -0.05) is 54.1 Å². The Balaban J connectivity index is 1.53. The molecule has 0 aliphatic carbocycles. The molecule has 0 radical (unpaired) electrons. The van der Waals surface area contributed by atoms with E-state index in [1.165, 1.54) is 21.6 Å². The van der Waals surface area contributed by atoms with Gasteiger partial charge in [0.1, 0.15) is 6.54 Å². The molecule has 6 nitrogen and oxygen atoms in total.